The van der Waals surface area contributed by atoms with E-state index < -0.39 is 0 Å². The summed E-state index contributed by atoms with van der Waals surface area (Å²) in [4.78, 5) is 11.1. The first kappa shape index (κ1) is 26.2. The van der Waals surface area contributed by atoms with Crippen molar-refractivity contribution in [2.45, 2.75) is 0 Å². The summed E-state index contributed by atoms with van der Waals surface area (Å²) in [6, 6.07) is 56.8. The van der Waals surface area contributed by atoms with Crippen LogP contribution in [0.3, 0.4) is 0 Å². The first-order valence-electron chi connectivity index (χ1n) is 17.1. The number of benzene rings is 8. The van der Waals surface area contributed by atoms with Gasteiger partial charge >= 0.3 is 0 Å². The molecule has 50 heavy (non-hydrogen) atoms. The van der Waals surface area contributed by atoms with Crippen molar-refractivity contribution < 1.29 is 0 Å². The Morgan fingerprint density at radius 3 is 1.78 bits per heavy atom. The SMILES string of the molecule is c1ccc(-c2nc(-n3c4c5ccccc5ccc4c4cc5c6ccccc6n6c7ccccc7c(c43)c56)nc3c2ccc2ccccc23)cc1. The van der Waals surface area contributed by atoms with Gasteiger partial charge in [0.1, 0.15) is 0 Å². The summed E-state index contributed by atoms with van der Waals surface area (Å²) in [5, 5.41) is 13.1. The van der Waals surface area contributed by atoms with Crippen LogP contribution in [0.4, 0.5) is 0 Å². The lowest BCUT2D eigenvalue weighted by atomic mass is 10.0. The second-order valence-corrected chi connectivity index (χ2v) is 13.4. The van der Waals surface area contributed by atoms with Gasteiger partial charge in [-0.2, -0.15) is 0 Å². The zero-order valence-corrected chi connectivity index (χ0v) is 26.8. The van der Waals surface area contributed by atoms with Gasteiger partial charge in [-0.25, -0.2) is 9.97 Å². The van der Waals surface area contributed by atoms with E-state index in [2.05, 4.69) is 167 Å². The predicted octanol–water partition coefficient (Wildman–Crippen LogP) is 11.9. The summed E-state index contributed by atoms with van der Waals surface area (Å²) >= 11 is 0. The van der Waals surface area contributed by atoms with Crippen molar-refractivity contribution in [2.75, 3.05) is 0 Å². The second kappa shape index (κ2) is 9.43. The lowest BCUT2D eigenvalue weighted by Crippen LogP contribution is -2.04. The van der Waals surface area contributed by atoms with E-state index in [-0.39, 0.29) is 0 Å². The van der Waals surface area contributed by atoms with E-state index in [1.807, 2.05) is 0 Å². The maximum absolute atomic E-state index is 5.56. The Morgan fingerprint density at radius 2 is 0.980 bits per heavy atom. The van der Waals surface area contributed by atoms with E-state index >= 15 is 0 Å². The number of para-hydroxylation sites is 2. The monoisotopic (exact) mass is 634 g/mol. The van der Waals surface area contributed by atoms with Crippen molar-refractivity contribution in [3.8, 4) is 17.2 Å². The maximum Gasteiger partial charge on any atom is 0.235 e. The third-order valence-corrected chi connectivity index (χ3v) is 10.8. The highest BCUT2D eigenvalue weighted by atomic mass is 15.2. The molecule has 12 aromatic rings. The molecular formula is C46H26N4. The van der Waals surface area contributed by atoms with Gasteiger partial charge in [-0.3, -0.25) is 4.57 Å². The Labute approximate surface area is 285 Å². The minimum absolute atomic E-state index is 0.673. The lowest BCUT2D eigenvalue weighted by molar-refractivity contribution is 1.02. The minimum atomic E-state index is 0.673. The van der Waals surface area contributed by atoms with Crippen LogP contribution in [-0.2, 0) is 0 Å². The molecule has 0 aliphatic rings. The molecule has 0 aliphatic heterocycles. The summed E-state index contributed by atoms with van der Waals surface area (Å²) < 4.78 is 4.83. The zero-order valence-electron chi connectivity index (χ0n) is 26.8. The van der Waals surface area contributed by atoms with E-state index in [9.17, 15) is 0 Å². The summed E-state index contributed by atoms with van der Waals surface area (Å²) in [5.74, 6) is 0.673. The Morgan fingerprint density at radius 1 is 0.380 bits per heavy atom. The topological polar surface area (TPSA) is 35.1 Å². The molecule has 4 aromatic heterocycles. The van der Waals surface area contributed by atoms with Crippen LogP contribution >= 0.6 is 0 Å². The third kappa shape index (κ3) is 3.25. The quantitative estimate of drug-likeness (QED) is 0.177. The fourth-order valence-corrected chi connectivity index (χ4v) is 8.73. The molecule has 0 bridgehead atoms. The second-order valence-electron chi connectivity index (χ2n) is 13.4. The molecule has 0 spiro atoms. The van der Waals surface area contributed by atoms with Crippen molar-refractivity contribution >= 4 is 92.3 Å². The van der Waals surface area contributed by atoms with Crippen LogP contribution in [0.15, 0.2) is 158 Å². The molecule has 0 radical (unpaired) electrons. The van der Waals surface area contributed by atoms with E-state index in [0.717, 1.165) is 44.0 Å². The van der Waals surface area contributed by atoms with Gasteiger partial charge in [0.05, 0.1) is 38.8 Å². The van der Waals surface area contributed by atoms with Gasteiger partial charge in [0.2, 0.25) is 5.95 Å². The summed E-state index contributed by atoms with van der Waals surface area (Å²) in [5.41, 5.74) is 8.88. The molecule has 8 aromatic carbocycles. The van der Waals surface area contributed by atoms with Gasteiger partial charge in [0, 0.05) is 54.0 Å². The fraction of sp³-hybridized carbons (Fsp3) is 0. The summed E-state index contributed by atoms with van der Waals surface area (Å²) in [6.07, 6.45) is 0. The molecule has 4 heteroatoms. The molecule has 230 valence electrons. The highest BCUT2D eigenvalue weighted by Crippen LogP contribution is 2.47. The molecular weight excluding hydrogens is 609 g/mol. The first-order valence-corrected chi connectivity index (χ1v) is 17.1. The standard InChI is InChI=1S/C46H26N4/c1-2-14-29(15-3-1)41-35-25-23-27-12-4-6-16-30(27)42(35)48-46(47-41)50-43-31-17-7-5-13-28(31)22-24-33(43)37-26-36-32-18-8-10-20-38(32)49-39-21-11-9-19-34(39)40(44(36)49)45(37)50/h1-26H. The number of nitrogens with zero attached hydrogens (tertiary/aromatic N) is 4. The Balaban J connectivity index is 1.38. The van der Waals surface area contributed by atoms with Crippen LogP contribution in [0.2, 0.25) is 0 Å². The van der Waals surface area contributed by atoms with Crippen LogP contribution < -0.4 is 0 Å². The molecule has 12 rings (SSSR count). The maximum atomic E-state index is 5.56. The van der Waals surface area contributed by atoms with Crippen molar-refractivity contribution in [2.24, 2.45) is 0 Å². The smallest absolute Gasteiger partial charge is 0.235 e. The van der Waals surface area contributed by atoms with E-state index in [1.54, 1.807) is 0 Å². The van der Waals surface area contributed by atoms with Gasteiger partial charge in [0.15, 0.2) is 0 Å². The molecule has 0 fully saturated rings. The minimum Gasteiger partial charge on any atom is -0.308 e. The zero-order chi connectivity index (χ0) is 32.5. The molecule has 0 amide bonds. The van der Waals surface area contributed by atoms with Crippen molar-refractivity contribution in [1.29, 1.82) is 0 Å². The summed E-state index contributed by atoms with van der Waals surface area (Å²) in [6.45, 7) is 0. The molecule has 0 atom stereocenters. The number of hydrogen-bond acceptors (Lipinski definition) is 2. The largest absolute Gasteiger partial charge is 0.308 e. The van der Waals surface area contributed by atoms with Crippen LogP contribution in [0.25, 0.3) is 110 Å². The first-order chi connectivity index (χ1) is 24.8. The van der Waals surface area contributed by atoms with Crippen molar-refractivity contribution in [3.05, 3.63) is 158 Å². The molecule has 0 saturated carbocycles. The number of aromatic nitrogens is 4. The van der Waals surface area contributed by atoms with Gasteiger partial charge in [-0.1, -0.05) is 133 Å². The fourth-order valence-electron chi connectivity index (χ4n) is 8.73. The molecule has 0 saturated heterocycles. The highest BCUT2D eigenvalue weighted by molar-refractivity contribution is 6.35. The molecule has 0 unspecified atom stereocenters. The number of hydrogen-bond donors (Lipinski definition) is 0. The molecule has 0 aliphatic carbocycles. The summed E-state index contributed by atoms with van der Waals surface area (Å²) in [7, 11) is 0. The number of fused-ring (bicyclic) bond motifs is 15. The molecule has 4 nitrogen and oxygen atoms in total. The van der Waals surface area contributed by atoms with Crippen molar-refractivity contribution in [3.63, 3.8) is 0 Å². The molecule has 4 heterocycles. The van der Waals surface area contributed by atoms with Gasteiger partial charge in [-0.05, 0) is 35.0 Å². The lowest BCUT2D eigenvalue weighted by Gasteiger charge is -2.14. The van der Waals surface area contributed by atoms with E-state index in [0.29, 0.717) is 5.95 Å². The van der Waals surface area contributed by atoms with Gasteiger partial charge in [0.25, 0.3) is 0 Å². The average molecular weight is 635 g/mol. The Hall–Kier alpha value is -6.78. The third-order valence-electron chi connectivity index (χ3n) is 10.8. The average Bonchev–Trinajstić information content (AvgIpc) is 3.82. The van der Waals surface area contributed by atoms with Crippen LogP contribution in [-0.4, -0.2) is 18.9 Å². The van der Waals surface area contributed by atoms with Crippen LogP contribution in [0.1, 0.15) is 0 Å². The molecule has 0 N–H and O–H groups in total. The predicted molar refractivity (Wildman–Crippen MR) is 209 cm³/mol. The van der Waals surface area contributed by atoms with Gasteiger partial charge in [-0.15, -0.1) is 0 Å². The highest BCUT2D eigenvalue weighted by Gasteiger charge is 2.26. The van der Waals surface area contributed by atoms with Crippen LogP contribution in [0, 0.1) is 0 Å². The van der Waals surface area contributed by atoms with E-state index in [4.69, 9.17) is 9.97 Å². The van der Waals surface area contributed by atoms with Crippen molar-refractivity contribution in [1.82, 2.24) is 18.9 Å². The number of rotatable bonds is 2. The van der Waals surface area contributed by atoms with Crippen LogP contribution in [0.5, 0.6) is 0 Å². The van der Waals surface area contributed by atoms with Gasteiger partial charge < -0.3 is 4.40 Å². The Kier molecular flexibility index (Phi) is 4.94. The van der Waals surface area contributed by atoms with E-state index in [1.165, 1.54) is 59.6 Å². The normalized spacial score (nSPS) is 12.4. The Bertz CT molecular complexity index is 3370.